The van der Waals surface area contributed by atoms with Crippen LogP contribution in [0.2, 0.25) is 0 Å². The second kappa shape index (κ2) is 10.9. The van der Waals surface area contributed by atoms with Gasteiger partial charge in [-0.1, -0.05) is 6.07 Å². The molecule has 1 aliphatic heterocycles. The molecule has 1 aromatic rings. The third-order valence-electron chi connectivity index (χ3n) is 4.09. The summed E-state index contributed by atoms with van der Waals surface area (Å²) in [4.78, 5) is 38.4. The van der Waals surface area contributed by atoms with Gasteiger partial charge in [0.05, 0.1) is 44.3 Å². The number of benzene rings is 1. The first-order chi connectivity index (χ1) is 13.0. The maximum Gasteiger partial charge on any atom is 0.315 e. The molecule has 0 aromatic heterocycles. The number of halogens is 1. The van der Waals surface area contributed by atoms with Crippen LogP contribution in [-0.2, 0) is 19.1 Å². The van der Waals surface area contributed by atoms with Crippen LogP contribution in [0, 0.1) is 5.82 Å². The lowest BCUT2D eigenvalue weighted by atomic mass is 10.3. The van der Waals surface area contributed by atoms with Gasteiger partial charge in [-0.25, -0.2) is 4.39 Å². The highest BCUT2D eigenvalue weighted by atomic mass is 32.2. The van der Waals surface area contributed by atoms with Gasteiger partial charge in [-0.05, 0) is 25.1 Å². The Morgan fingerprint density at radius 1 is 1.26 bits per heavy atom. The molecular weight excluding hydrogens is 373 g/mol. The summed E-state index contributed by atoms with van der Waals surface area (Å²) in [5.74, 6) is -0.478. The second-order valence-corrected chi connectivity index (χ2v) is 7.15. The molecule has 1 aliphatic rings. The molecule has 0 atom stereocenters. The molecule has 1 heterocycles. The van der Waals surface area contributed by atoms with Gasteiger partial charge in [0, 0.05) is 5.69 Å². The molecule has 2 amide bonds. The van der Waals surface area contributed by atoms with E-state index in [2.05, 4.69) is 5.32 Å². The van der Waals surface area contributed by atoms with Gasteiger partial charge in [-0.2, -0.15) is 0 Å². The van der Waals surface area contributed by atoms with Crippen molar-refractivity contribution >= 4 is 35.2 Å². The Kier molecular flexibility index (Phi) is 8.53. The summed E-state index contributed by atoms with van der Waals surface area (Å²) in [6.45, 7) is 4.84. The number of hydrogen-bond acceptors (Lipinski definition) is 5. The molecule has 1 fully saturated rings. The van der Waals surface area contributed by atoms with E-state index < -0.39 is 5.82 Å². The zero-order valence-corrected chi connectivity index (χ0v) is 16.1. The summed E-state index contributed by atoms with van der Waals surface area (Å²) in [6, 6.07) is 5.78. The lowest BCUT2D eigenvalue weighted by molar-refractivity contribution is -0.895. The summed E-state index contributed by atoms with van der Waals surface area (Å²) < 4.78 is 18.0. The monoisotopic (exact) mass is 398 g/mol. The Bertz CT molecular complexity index is 666. The first-order valence-corrected chi connectivity index (χ1v) is 10.0. The second-order valence-electron chi connectivity index (χ2n) is 6.16. The van der Waals surface area contributed by atoms with E-state index in [1.165, 1.54) is 23.9 Å². The van der Waals surface area contributed by atoms with Gasteiger partial charge in [-0.15, -0.1) is 11.8 Å². The summed E-state index contributed by atoms with van der Waals surface area (Å²) in [5.41, 5.74) is 0.437. The third kappa shape index (κ3) is 7.56. The molecular formula is C18H25FN3O4S+. The van der Waals surface area contributed by atoms with Crippen molar-refractivity contribution in [3.8, 4) is 0 Å². The van der Waals surface area contributed by atoms with Crippen molar-refractivity contribution in [2.75, 3.05) is 56.2 Å². The molecule has 7 nitrogen and oxygen atoms in total. The van der Waals surface area contributed by atoms with E-state index in [4.69, 9.17) is 4.74 Å². The molecule has 0 bridgehead atoms. The van der Waals surface area contributed by atoms with Crippen LogP contribution in [0.4, 0.5) is 10.1 Å². The maximum atomic E-state index is 13.1. The number of carbonyl (C=O) groups is 3. The Morgan fingerprint density at radius 2 is 2.00 bits per heavy atom. The van der Waals surface area contributed by atoms with Gasteiger partial charge in [0.25, 0.3) is 5.91 Å². The van der Waals surface area contributed by atoms with Crippen LogP contribution in [-0.4, -0.2) is 73.5 Å². The molecule has 0 spiro atoms. The minimum absolute atomic E-state index is 0.00689. The first kappa shape index (κ1) is 21.2. The first-order valence-electron chi connectivity index (χ1n) is 8.88. The number of nitrogens with zero attached hydrogens (tertiary/aromatic N) is 1. The fraction of sp³-hybridized carbons (Fsp3) is 0.500. The number of esters is 1. The number of quaternary nitrogens is 1. The van der Waals surface area contributed by atoms with Gasteiger partial charge in [0.2, 0.25) is 5.91 Å². The van der Waals surface area contributed by atoms with E-state index >= 15 is 0 Å². The molecule has 1 aromatic carbocycles. The predicted octanol–water partition coefficient (Wildman–Crippen LogP) is -0.212. The highest BCUT2D eigenvalue weighted by Crippen LogP contribution is 2.08. The van der Waals surface area contributed by atoms with Gasteiger partial charge in [0.1, 0.15) is 5.82 Å². The quantitative estimate of drug-likeness (QED) is 0.593. The molecule has 0 aliphatic carbocycles. The standard InChI is InChI=1S/C18H24FN3O4S/c1-2-26-18(25)13-27-12-17(24)22-8-6-21(7-9-22)11-16(23)20-15-5-3-4-14(19)10-15/h3-5,10H,2,6-9,11-13H2,1H3,(H,20,23)/p+1. The molecule has 2 N–H and O–H groups in total. The topological polar surface area (TPSA) is 80.2 Å². The summed E-state index contributed by atoms with van der Waals surface area (Å²) in [5, 5.41) is 2.69. The van der Waals surface area contributed by atoms with E-state index in [1.807, 2.05) is 0 Å². The minimum Gasteiger partial charge on any atom is -0.465 e. The lowest BCUT2D eigenvalue weighted by Gasteiger charge is -2.31. The van der Waals surface area contributed by atoms with E-state index in [1.54, 1.807) is 24.0 Å². The van der Waals surface area contributed by atoms with Crippen molar-refractivity contribution in [3.63, 3.8) is 0 Å². The third-order valence-corrected chi connectivity index (χ3v) is 4.98. The highest BCUT2D eigenvalue weighted by molar-refractivity contribution is 8.00. The molecule has 148 valence electrons. The summed E-state index contributed by atoms with van der Waals surface area (Å²) >= 11 is 1.25. The number of rotatable bonds is 8. The number of anilines is 1. The normalized spacial score (nSPS) is 14.7. The van der Waals surface area contributed by atoms with E-state index in [9.17, 15) is 18.8 Å². The van der Waals surface area contributed by atoms with E-state index in [0.29, 0.717) is 38.5 Å². The zero-order chi connectivity index (χ0) is 19.6. The molecule has 0 unspecified atom stereocenters. The molecule has 0 saturated carbocycles. The summed E-state index contributed by atoms with van der Waals surface area (Å²) in [7, 11) is 0. The van der Waals surface area contributed by atoms with E-state index in [-0.39, 0.29) is 35.8 Å². The van der Waals surface area contributed by atoms with Crippen LogP contribution in [0.15, 0.2) is 24.3 Å². The van der Waals surface area contributed by atoms with Crippen LogP contribution < -0.4 is 10.2 Å². The number of ether oxygens (including phenoxy) is 1. The van der Waals surface area contributed by atoms with Crippen LogP contribution in [0.1, 0.15) is 6.92 Å². The molecule has 0 radical (unpaired) electrons. The van der Waals surface area contributed by atoms with Crippen molar-refractivity contribution in [1.29, 1.82) is 0 Å². The summed E-state index contributed by atoms with van der Waals surface area (Å²) in [6.07, 6.45) is 0. The number of piperazine rings is 1. The number of thioether (sulfide) groups is 1. The molecule has 1 saturated heterocycles. The van der Waals surface area contributed by atoms with E-state index in [0.717, 1.165) is 4.90 Å². The van der Waals surface area contributed by atoms with Crippen LogP contribution in [0.25, 0.3) is 0 Å². The van der Waals surface area contributed by atoms with Crippen molar-refractivity contribution < 1.29 is 28.4 Å². The molecule has 27 heavy (non-hydrogen) atoms. The van der Waals surface area contributed by atoms with Gasteiger partial charge in [0.15, 0.2) is 6.54 Å². The van der Waals surface area contributed by atoms with Gasteiger partial charge >= 0.3 is 5.97 Å². The van der Waals surface area contributed by atoms with Crippen molar-refractivity contribution in [2.24, 2.45) is 0 Å². The van der Waals surface area contributed by atoms with Crippen molar-refractivity contribution in [2.45, 2.75) is 6.92 Å². The predicted molar refractivity (Wildman–Crippen MR) is 101 cm³/mol. The zero-order valence-electron chi connectivity index (χ0n) is 15.3. The average Bonchev–Trinajstić information content (AvgIpc) is 2.62. The van der Waals surface area contributed by atoms with Crippen molar-refractivity contribution in [1.82, 2.24) is 4.90 Å². The fourth-order valence-electron chi connectivity index (χ4n) is 2.76. The largest absolute Gasteiger partial charge is 0.465 e. The Morgan fingerprint density at radius 3 is 2.67 bits per heavy atom. The Balaban J connectivity index is 1.66. The van der Waals surface area contributed by atoms with Gasteiger partial charge < -0.3 is 19.9 Å². The lowest BCUT2D eigenvalue weighted by Crippen LogP contribution is -3.15. The average molecular weight is 398 g/mol. The number of nitrogens with one attached hydrogen (secondary N) is 2. The maximum absolute atomic E-state index is 13.1. The minimum atomic E-state index is -0.395. The Labute approximate surface area is 162 Å². The highest BCUT2D eigenvalue weighted by Gasteiger charge is 2.25. The smallest absolute Gasteiger partial charge is 0.315 e. The number of carbonyl (C=O) groups excluding carboxylic acids is 3. The van der Waals surface area contributed by atoms with Crippen LogP contribution in [0.3, 0.4) is 0 Å². The molecule has 9 heteroatoms. The SMILES string of the molecule is CCOC(=O)CSCC(=O)N1CC[NH+](CC(=O)Nc2cccc(F)c2)CC1. The number of hydrogen-bond donors (Lipinski definition) is 2. The fourth-order valence-corrected chi connectivity index (χ4v) is 3.47. The molecule has 2 rings (SSSR count). The van der Waals surface area contributed by atoms with Crippen molar-refractivity contribution in [3.05, 3.63) is 30.1 Å². The van der Waals surface area contributed by atoms with Gasteiger partial charge in [-0.3, -0.25) is 14.4 Å². The number of amides is 2. The van der Waals surface area contributed by atoms with Crippen LogP contribution in [0.5, 0.6) is 0 Å². The Hall–Kier alpha value is -2.13. The van der Waals surface area contributed by atoms with Crippen LogP contribution >= 0.6 is 11.8 Å².